The Morgan fingerprint density at radius 1 is 0.913 bits per heavy atom. The van der Waals surface area contributed by atoms with Gasteiger partial charge in [-0.1, -0.05) is 0 Å². The molecule has 2 aliphatic rings. The Bertz CT molecular complexity index is 355. The van der Waals surface area contributed by atoms with Crippen LogP contribution in [0.15, 0.2) is 0 Å². The van der Waals surface area contributed by atoms with Crippen LogP contribution < -0.4 is 0 Å². The van der Waals surface area contributed by atoms with Crippen molar-refractivity contribution in [3.05, 3.63) is 0 Å². The van der Waals surface area contributed by atoms with Gasteiger partial charge in [0.15, 0.2) is 12.6 Å². The van der Waals surface area contributed by atoms with Crippen LogP contribution in [0, 0.1) is 0 Å². The van der Waals surface area contributed by atoms with E-state index >= 15 is 0 Å². The van der Waals surface area contributed by atoms with Crippen molar-refractivity contribution in [2.75, 3.05) is 19.8 Å². The Morgan fingerprint density at radius 3 is 2.13 bits per heavy atom. The van der Waals surface area contributed by atoms with Crippen molar-refractivity contribution in [2.45, 2.75) is 69.0 Å². The predicted molar refractivity (Wildman–Crippen MR) is 75.2 cm³/mol. The zero-order valence-corrected chi connectivity index (χ0v) is 13.0. The maximum absolute atomic E-state index is 10.2. The summed E-state index contributed by atoms with van der Waals surface area (Å²) in [6, 6.07) is 0. The molecular formula is C14H26O9. The van der Waals surface area contributed by atoms with Gasteiger partial charge in [0.2, 0.25) is 0 Å². The smallest absolute Gasteiger partial charge is 0.161 e. The lowest BCUT2D eigenvalue weighted by atomic mass is 10.00. The molecule has 0 aromatic carbocycles. The van der Waals surface area contributed by atoms with Crippen molar-refractivity contribution in [1.82, 2.24) is 0 Å². The van der Waals surface area contributed by atoms with Crippen LogP contribution in [0.4, 0.5) is 0 Å². The van der Waals surface area contributed by atoms with Gasteiger partial charge >= 0.3 is 0 Å². The molecule has 0 amide bonds. The summed E-state index contributed by atoms with van der Waals surface area (Å²) >= 11 is 0. The molecule has 9 heteroatoms. The van der Waals surface area contributed by atoms with Gasteiger partial charge in [-0.05, 0) is 6.92 Å². The summed E-state index contributed by atoms with van der Waals surface area (Å²) in [5, 5.41) is 48.3. The third kappa shape index (κ3) is 4.59. The predicted octanol–water partition coefficient (Wildman–Crippen LogP) is -2.29. The highest BCUT2D eigenvalue weighted by atomic mass is 16.7. The highest BCUT2D eigenvalue weighted by molar-refractivity contribution is 4.87. The molecule has 0 saturated carbocycles. The van der Waals surface area contributed by atoms with E-state index in [-0.39, 0.29) is 19.4 Å². The standard InChI is InChI=1S/C14H26O9/c1-2-20-11-4-8(18)14(10(6-16)22-11)23-12-3-7(17)13(19)9(5-15)21-12/h7-19H,2-6H2,1H3/t7-,8?,9?,10?,11?,12-,13+,14?/m1/s1. The monoisotopic (exact) mass is 338 g/mol. The lowest BCUT2D eigenvalue weighted by molar-refractivity contribution is -0.320. The normalized spacial score (nSPS) is 45.1. The molecule has 2 heterocycles. The third-order valence-corrected chi connectivity index (χ3v) is 4.06. The largest absolute Gasteiger partial charge is 0.394 e. The van der Waals surface area contributed by atoms with Crippen LogP contribution in [0.3, 0.4) is 0 Å². The Labute approximate surface area is 134 Å². The molecule has 0 aromatic heterocycles. The zero-order chi connectivity index (χ0) is 17.0. The molecule has 0 spiro atoms. The van der Waals surface area contributed by atoms with Crippen LogP contribution in [-0.4, -0.2) is 94.6 Å². The molecular weight excluding hydrogens is 312 g/mol. The van der Waals surface area contributed by atoms with Crippen LogP contribution in [0.25, 0.3) is 0 Å². The minimum absolute atomic E-state index is 0.0199. The molecule has 2 fully saturated rings. The van der Waals surface area contributed by atoms with Crippen molar-refractivity contribution < 1.29 is 44.5 Å². The molecule has 0 bridgehead atoms. The lowest BCUT2D eigenvalue weighted by Gasteiger charge is -2.42. The van der Waals surface area contributed by atoms with Crippen molar-refractivity contribution in [3.8, 4) is 0 Å². The quantitative estimate of drug-likeness (QED) is 0.362. The lowest BCUT2D eigenvalue weighted by Crippen LogP contribution is -2.56. The van der Waals surface area contributed by atoms with E-state index in [0.29, 0.717) is 6.61 Å². The van der Waals surface area contributed by atoms with E-state index in [9.17, 15) is 20.4 Å². The number of hydrogen-bond acceptors (Lipinski definition) is 9. The first kappa shape index (κ1) is 19.0. The van der Waals surface area contributed by atoms with Gasteiger partial charge < -0.3 is 44.5 Å². The Morgan fingerprint density at radius 2 is 1.52 bits per heavy atom. The summed E-state index contributed by atoms with van der Waals surface area (Å²) in [6.45, 7) is 1.35. The molecule has 5 N–H and O–H groups in total. The van der Waals surface area contributed by atoms with E-state index in [0.717, 1.165) is 0 Å². The third-order valence-electron chi connectivity index (χ3n) is 4.06. The van der Waals surface area contributed by atoms with Crippen LogP contribution in [0.5, 0.6) is 0 Å². The molecule has 8 atom stereocenters. The van der Waals surface area contributed by atoms with E-state index in [2.05, 4.69) is 0 Å². The van der Waals surface area contributed by atoms with Crippen molar-refractivity contribution in [3.63, 3.8) is 0 Å². The Balaban J connectivity index is 1.97. The topological polar surface area (TPSA) is 138 Å². The van der Waals surface area contributed by atoms with Crippen molar-refractivity contribution in [1.29, 1.82) is 0 Å². The summed E-state index contributed by atoms with van der Waals surface area (Å²) in [5.74, 6) is 0. The Hall–Kier alpha value is -0.360. The molecule has 2 rings (SSSR count). The van der Waals surface area contributed by atoms with Crippen LogP contribution in [0.1, 0.15) is 19.8 Å². The zero-order valence-electron chi connectivity index (χ0n) is 13.0. The van der Waals surface area contributed by atoms with Gasteiger partial charge in [-0.15, -0.1) is 0 Å². The summed E-state index contributed by atoms with van der Waals surface area (Å²) in [5.41, 5.74) is 0. The second kappa shape index (κ2) is 8.65. The maximum atomic E-state index is 10.2. The number of aliphatic hydroxyl groups excluding tert-OH is 5. The first-order chi connectivity index (χ1) is 11.0. The van der Waals surface area contributed by atoms with Crippen LogP contribution in [-0.2, 0) is 18.9 Å². The average Bonchev–Trinajstić information content (AvgIpc) is 2.53. The minimum Gasteiger partial charge on any atom is -0.394 e. The average molecular weight is 338 g/mol. The second-order valence-corrected chi connectivity index (χ2v) is 5.73. The molecule has 9 nitrogen and oxygen atoms in total. The van der Waals surface area contributed by atoms with Gasteiger partial charge in [-0.3, -0.25) is 0 Å². The molecule has 5 unspecified atom stereocenters. The van der Waals surface area contributed by atoms with E-state index in [1.807, 2.05) is 0 Å². The molecule has 136 valence electrons. The summed E-state index contributed by atoms with van der Waals surface area (Å²) < 4.78 is 21.8. The summed E-state index contributed by atoms with van der Waals surface area (Å²) in [4.78, 5) is 0. The second-order valence-electron chi connectivity index (χ2n) is 5.73. The number of hydrogen-bond donors (Lipinski definition) is 5. The van der Waals surface area contributed by atoms with E-state index in [4.69, 9.17) is 24.1 Å². The minimum atomic E-state index is -1.21. The van der Waals surface area contributed by atoms with E-state index < -0.39 is 55.8 Å². The molecule has 2 saturated heterocycles. The fourth-order valence-corrected chi connectivity index (χ4v) is 2.85. The maximum Gasteiger partial charge on any atom is 0.161 e. The van der Waals surface area contributed by atoms with Gasteiger partial charge in [-0.2, -0.15) is 0 Å². The molecule has 0 aliphatic carbocycles. The molecule has 0 radical (unpaired) electrons. The number of ether oxygens (including phenoxy) is 4. The number of rotatable bonds is 6. The fourth-order valence-electron chi connectivity index (χ4n) is 2.85. The van der Waals surface area contributed by atoms with Gasteiger partial charge in [0, 0.05) is 19.4 Å². The molecule has 0 aromatic rings. The SMILES string of the molecule is CCOC1CC(O)C(O[C@@H]2C[C@@H](O)[C@H](O)C(CO)O2)C(CO)O1. The van der Waals surface area contributed by atoms with Gasteiger partial charge in [0.05, 0.1) is 25.4 Å². The van der Waals surface area contributed by atoms with Crippen molar-refractivity contribution in [2.24, 2.45) is 0 Å². The first-order valence-corrected chi connectivity index (χ1v) is 7.84. The number of aliphatic hydroxyl groups is 5. The molecule has 23 heavy (non-hydrogen) atoms. The van der Waals surface area contributed by atoms with Crippen molar-refractivity contribution >= 4 is 0 Å². The van der Waals surface area contributed by atoms with Gasteiger partial charge in [-0.25, -0.2) is 0 Å². The summed E-state index contributed by atoms with van der Waals surface area (Å²) in [6.07, 6.45) is -7.33. The molecule has 2 aliphatic heterocycles. The van der Waals surface area contributed by atoms with Crippen LogP contribution >= 0.6 is 0 Å². The highest BCUT2D eigenvalue weighted by Crippen LogP contribution is 2.28. The van der Waals surface area contributed by atoms with E-state index in [1.165, 1.54) is 0 Å². The fraction of sp³-hybridized carbons (Fsp3) is 1.00. The summed E-state index contributed by atoms with van der Waals surface area (Å²) in [7, 11) is 0. The van der Waals surface area contributed by atoms with Crippen LogP contribution in [0.2, 0.25) is 0 Å². The van der Waals surface area contributed by atoms with Gasteiger partial charge in [0.1, 0.15) is 24.4 Å². The first-order valence-electron chi connectivity index (χ1n) is 7.84. The van der Waals surface area contributed by atoms with Gasteiger partial charge in [0.25, 0.3) is 0 Å². The van der Waals surface area contributed by atoms with E-state index in [1.54, 1.807) is 6.92 Å². The Kier molecular flexibility index (Phi) is 7.14. The highest BCUT2D eigenvalue weighted by Gasteiger charge is 2.43.